The van der Waals surface area contributed by atoms with Gasteiger partial charge in [0.2, 0.25) is 0 Å². The van der Waals surface area contributed by atoms with Crippen LogP contribution in [0, 0.1) is 0 Å². The van der Waals surface area contributed by atoms with Gasteiger partial charge in [-0.1, -0.05) is 0 Å². The van der Waals surface area contributed by atoms with Crippen LogP contribution in [0.15, 0.2) is 36.4 Å². The molecule has 0 aliphatic carbocycles. The molecule has 0 fully saturated rings. The number of benzene rings is 1. The van der Waals surface area contributed by atoms with Gasteiger partial charge >= 0.3 is 12.1 Å². The van der Waals surface area contributed by atoms with E-state index in [4.69, 9.17) is 5.11 Å². The predicted octanol–water partition coefficient (Wildman–Crippen LogP) is 2.81. The van der Waals surface area contributed by atoms with Gasteiger partial charge in [-0.3, -0.25) is 0 Å². The predicted molar refractivity (Wildman–Crippen MR) is 39.1 cm³/mol. The Labute approximate surface area is 71.9 Å². The summed E-state index contributed by atoms with van der Waals surface area (Å²) in [5.74, 6) is -0.166. The summed E-state index contributed by atoms with van der Waals surface area (Å²) in [5.41, 5.74) is 0. The van der Waals surface area contributed by atoms with Gasteiger partial charge in [-0.15, -0.1) is 0 Å². The van der Waals surface area contributed by atoms with E-state index in [2.05, 4.69) is 4.74 Å². The SMILES string of the molecule is Oc1ccc(OC(F)=C(F)F)cc1. The van der Waals surface area contributed by atoms with E-state index in [0.29, 0.717) is 0 Å². The molecule has 0 bridgehead atoms. The molecule has 0 radical (unpaired) electrons. The van der Waals surface area contributed by atoms with Crippen LogP contribution < -0.4 is 4.74 Å². The van der Waals surface area contributed by atoms with Crippen LogP contribution in [0.25, 0.3) is 0 Å². The zero-order valence-electron chi connectivity index (χ0n) is 6.30. The molecule has 0 saturated heterocycles. The highest BCUT2D eigenvalue weighted by Gasteiger charge is 2.06. The minimum atomic E-state index is -2.52. The van der Waals surface area contributed by atoms with E-state index in [1.807, 2.05) is 0 Å². The lowest BCUT2D eigenvalue weighted by Crippen LogP contribution is -1.89. The zero-order valence-corrected chi connectivity index (χ0v) is 6.30. The molecule has 0 saturated carbocycles. The average Bonchev–Trinajstić information content (AvgIpc) is 2.08. The summed E-state index contributed by atoms with van der Waals surface area (Å²) >= 11 is 0. The Morgan fingerprint density at radius 2 is 1.62 bits per heavy atom. The highest BCUT2D eigenvalue weighted by molar-refractivity contribution is 5.30. The zero-order chi connectivity index (χ0) is 9.84. The van der Waals surface area contributed by atoms with E-state index < -0.39 is 12.1 Å². The first kappa shape index (κ1) is 9.44. The van der Waals surface area contributed by atoms with Gasteiger partial charge in [-0.25, -0.2) is 0 Å². The maximum atomic E-state index is 12.2. The Balaban J connectivity index is 2.76. The second-order valence-corrected chi connectivity index (χ2v) is 2.13. The summed E-state index contributed by atoms with van der Waals surface area (Å²) in [6, 6.07) is 2.78. The number of rotatable bonds is 2. The van der Waals surface area contributed by atoms with Gasteiger partial charge in [0.1, 0.15) is 11.5 Å². The second kappa shape index (κ2) is 3.84. The topological polar surface area (TPSA) is 29.5 Å². The van der Waals surface area contributed by atoms with E-state index in [0.717, 1.165) is 12.1 Å². The van der Waals surface area contributed by atoms with Gasteiger partial charge in [0, 0.05) is 0 Å². The molecule has 0 aliphatic rings. The Morgan fingerprint density at radius 1 is 1.08 bits per heavy atom. The lowest BCUT2D eigenvalue weighted by Gasteiger charge is -2.00. The summed E-state index contributed by atoms with van der Waals surface area (Å²) < 4.78 is 39.3. The molecule has 0 atom stereocenters. The van der Waals surface area contributed by atoms with Crippen LogP contribution in [-0.2, 0) is 0 Å². The molecule has 1 N–H and O–H groups in total. The van der Waals surface area contributed by atoms with Gasteiger partial charge in [-0.2, -0.15) is 13.2 Å². The van der Waals surface area contributed by atoms with Gasteiger partial charge in [0.05, 0.1) is 0 Å². The smallest absolute Gasteiger partial charge is 0.344 e. The number of halogens is 3. The number of phenolic OH excluding ortho intramolecular Hbond substituents is 1. The molecule has 1 rings (SSSR count). The lowest BCUT2D eigenvalue weighted by atomic mass is 10.3. The summed E-state index contributed by atoms with van der Waals surface area (Å²) in [6.07, 6.45) is -2.52. The minimum absolute atomic E-state index is 0.0579. The first-order chi connectivity index (χ1) is 6.09. The van der Waals surface area contributed by atoms with Crippen molar-refractivity contribution in [3.8, 4) is 11.5 Å². The summed E-state index contributed by atoms with van der Waals surface area (Å²) in [4.78, 5) is 0. The minimum Gasteiger partial charge on any atom is -0.508 e. The van der Waals surface area contributed by atoms with E-state index in [1.165, 1.54) is 12.1 Å². The van der Waals surface area contributed by atoms with E-state index in [-0.39, 0.29) is 11.5 Å². The highest BCUT2D eigenvalue weighted by Crippen LogP contribution is 2.20. The maximum absolute atomic E-state index is 12.2. The Hall–Kier alpha value is -1.65. The monoisotopic (exact) mass is 190 g/mol. The van der Waals surface area contributed by atoms with Crippen LogP contribution in [0.2, 0.25) is 0 Å². The van der Waals surface area contributed by atoms with Gasteiger partial charge in [0.25, 0.3) is 0 Å². The van der Waals surface area contributed by atoms with Crippen LogP contribution in [0.4, 0.5) is 13.2 Å². The Bertz CT molecular complexity index is 315. The van der Waals surface area contributed by atoms with Gasteiger partial charge < -0.3 is 9.84 Å². The van der Waals surface area contributed by atoms with Crippen LogP contribution in [0.1, 0.15) is 0 Å². The quantitative estimate of drug-likeness (QED) is 0.726. The van der Waals surface area contributed by atoms with Crippen LogP contribution >= 0.6 is 0 Å². The number of aromatic hydroxyl groups is 1. The molecule has 13 heavy (non-hydrogen) atoms. The number of phenols is 1. The molecule has 2 nitrogen and oxygen atoms in total. The largest absolute Gasteiger partial charge is 0.508 e. The first-order valence-electron chi connectivity index (χ1n) is 3.27. The Morgan fingerprint density at radius 3 is 2.08 bits per heavy atom. The van der Waals surface area contributed by atoms with Crippen molar-refractivity contribution >= 4 is 0 Å². The maximum Gasteiger partial charge on any atom is 0.344 e. The normalized spacial score (nSPS) is 9.46. The third-order valence-electron chi connectivity index (χ3n) is 1.19. The molecule has 70 valence electrons. The standard InChI is InChI=1S/C8H5F3O2/c9-7(10)8(11)13-6-3-1-5(12)2-4-6/h1-4,12H. The first-order valence-corrected chi connectivity index (χ1v) is 3.27. The van der Waals surface area contributed by atoms with Crippen molar-refractivity contribution in [2.45, 2.75) is 0 Å². The molecule has 0 amide bonds. The summed E-state index contributed by atoms with van der Waals surface area (Å²) in [7, 11) is 0. The van der Waals surface area contributed by atoms with Crippen molar-refractivity contribution in [3.63, 3.8) is 0 Å². The fourth-order valence-electron chi connectivity index (χ4n) is 0.656. The van der Waals surface area contributed by atoms with E-state index in [9.17, 15) is 13.2 Å². The van der Waals surface area contributed by atoms with Crippen LogP contribution in [-0.4, -0.2) is 5.11 Å². The average molecular weight is 190 g/mol. The summed E-state index contributed by atoms with van der Waals surface area (Å²) in [5, 5.41) is 8.79. The van der Waals surface area contributed by atoms with Crippen LogP contribution in [0.5, 0.6) is 11.5 Å². The lowest BCUT2D eigenvalue weighted by molar-refractivity contribution is 0.241. The molecule has 0 aromatic heterocycles. The molecular formula is C8H5F3O2. The molecule has 1 aromatic carbocycles. The molecule has 1 aromatic rings. The van der Waals surface area contributed by atoms with E-state index >= 15 is 0 Å². The number of hydrogen-bond donors (Lipinski definition) is 1. The van der Waals surface area contributed by atoms with Crippen molar-refractivity contribution < 1.29 is 23.0 Å². The van der Waals surface area contributed by atoms with Crippen molar-refractivity contribution in [1.82, 2.24) is 0 Å². The molecule has 0 unspecified atom stereocenters. The number of ether oxygens (including phenoxy) is 1. The fourth-order valence-corrected chi connectivity index (χ4v) is 0.656. The van der Waals surface area contributed by atoms with Gasteiger partial charge in [0.15, 0.2) is 0 Å². The van der Waals surface area contributed by atoms with Gasteiger partial charge in [-0.05, 0) is 24.3 Å². The Kier molecular flexibility index (Phi) is 2.79. The number of hydrogen-bond acceptors (Lipinski definition) is 2. The van der Waals surface area contributed by atoms with Crippen molar-refractivity contribution in [2.24, 2.45) is 0 Å². The van der Waals surface area contributed by atoms with Crippen molar-refractivity contribution in [3.05, 3.63) is 36.4 Å². The second-order valence-electron chi connectivity index (χ2n) is 2.13. The third kappa shape index (κ3) is 2.70. The van der Waals surface area contributed by atoms with Crippen molar-refractivity contribution in [1.29, 1.82) is 0 Å². The summed E-state index contributed by atoms with van der Waals surface area (Å²) in [6.45, 7) is 0. The highest BCUT2D eigenvalue weighted by atomic mass is 19.3. The molecule has 5 heteroatoms. The van der Waals surface area contributed by atoms with E-state index in [1.54, 1.807) is 0 Å². The molecular weight excluding hydrogens is 185 g/mol. The van der Waals surface area contributed by atoms with Crippen LogP contribution in [0.3, 0.4) is 0 Å². The third-order valence-corrected chi connectivity index (χ3v) is 1.19. The molecule has 0 heterocycles. The fraction of sp³-hybridized carbons (Fsp3) is 0. The molecule has 0 aliphatic heterocycles. The molecule has 0 spiro atoms. The van der Waals surface area contributed by atoms with Crippen molar-refractivity contribution in [2.75, 3.05) is 0 Å².